The van der Waals surface area contributed by atoms with E-state index in [1.807, 2.05) is 92.6 Å². The van der Waals surface area contributed by atoms with Crippen molar-refractivity contribution in [2.24, 2.45) is 11.8 Å². The van der Waals surface area contributed by atoms with Crippen LogP contribution >= 0.6 is 0 Å². The molecule has 3 aromatic carbocycles. The highest BCUT2D eigenvalue weighted by Gasteiger charge is 2.69. The first-order valence-electron chi connectivity index (χ1n) is 12.5. The molecule has 0 aliphatic carbocycles. The van der Waals surface area contributed by atoms with Gasteiger partial charge < -0.3 is 9.64 Å². The van der Waals surface area contributed by atoms with E-state index in [9.17, 15) is 14.4 Å². The second kappa shape index (κ2) is 9.48. The summed E-state index contributed by atoms with van der Waals surface area (Å²) in [6.45, 7) is 3.84. The van der Waals surface area contributed by atoms with E-state index in [-0.39, 0.29) is 12.5 Å². The molecule has 0 bridgehead atoms. The molecule has 0 saturated carbocycles. The molecule has 2 aliphatic heterocycles. The molecule has 5 rings (SSSR count). The van der Waals surface area contributed by atoms with Crippen LogP contribution in [-0.4, -0.2) is 38.5 Å². The molecule has 3 aromatic rings. The second-order valence-electron chi connectivity index (χ2n) is 9.85. The van der Waals surface area contributed by atoms with Crippen LogP contribution in [0.2, 0.25) is 0 Å². The molecule has 37 heavy (non-hydrogen) atoms. The number of fused-ring (bicyclic) bond motifs is 1. The summed E-state index contributed by atoms with van der Waals surface area (Å²) in [6, 6.07) is 23.7. The Hall–Kier alpha value is -3.97. The molecule has 190 valence electrons. The number of carbonyl (C=O) groups is 3. The van der Waals surface area contributed by atoms with Crippen LogP contribution in [0, 0.1) is 18.8 Å². The third kappa shape index (κ3) is 3.90. The number of aryl methyl sites for hydroxylation is 1. The minimum atomic E-state index is -1.51. The van der Waals surface area contributed by atoms with E-state index in [2.05, 4.69) is 5.32 Å². The third-order valence-electron chi connectivity index (χ3n) is 7.45. The fraction of sp³-hybridized carbons (Fsp3) is 0.300. The van der Waals surface area contributed by atoms with Crippen LogP contribution in [0.25, 0.3) is 0 Å². The van der Waals surface area contributed by atoms with E-state index < -0.39 is 35.3 Å². The fourth-order valence-corrected chi connectivity index (χ4v) is 5.64. The van der Waals surface area contributed by atoms with Crippen molar-refractivity contribution in [2.45, 2.75) is 25.4 Å². The average Bonchev–Trinajstić information content (AvgIpc) is 3.40. The number of hydrogen-bond acceptors (Lipinski definition) is 6. The summed E-state index contributed by atoms with van der Waals surface area (Å²) < 4.78 is 5.58. The Morgan fingerprint density at radius 2 is 1.59 bits per heavy atom. The van der Waals surface area contributed by atoms with Gasteiger partial charge in [0.1, 0.15) is 0 Å². The lowest BCUT2D eigenvalue weighted by Crippen LogP contribution is -2.54. The van der Waals surface area contributed by atoms with Crippen molar-refractivity contribution in [1.82, 2.24) is 5.32 Å². The van der Waals surface area contributed by atoms with Gasteiger partial charge in [-0.25, -0.2) is 9.69 Å². The van der Waals surface area contributed by atoms with Gasteiger partial charge in [-0.05, 0) is 49.2 Å². The van der Waals surface area contributed by atoms with Gasteiger partial charge in [-0.3, -0.25) is 14.9 Å². The lowest BCUT2D eigenvalue weighted by atomic mass is 9.75. The van der Waals surface area contributed by atoms with Gasteiger partial charge in [0.2, 0.25) is 11.8 Å². The van der Waals surface area contributed by atoms with Gasteiger partial charge in [-0.1, -0.05) is 60.2 Å². The first-order valence-corrected chi connectivity index (χ1v) is 12.5. The van der Waals surface area contributed by atoms with Crippen LogP contribution in [0.1, 0.15) is 29.7 Å². The number of anilines is 2. The van der Waals surface area contributed by atoms with Crippen molar-refractivity contribution < 1.29 is 19.1 Å². The molecule has 0 spiro atoms. The number of ether oxygens (including phenoxy) is 1. The van der Waals surface area contributed by atoms with Gasteiger partial charge in [0, 0.05) is 25.8 Å². The molecule has 1 N–H and O–H groups in total. The minimum Gasteiger partial charge on any atom is -0.464 e. The number of imide groups is 1. The number of benzene rings is 3. The van der Waals surface area contributed by atoms with Gasteiger partial charge in [-0.15, -0.1) is 0 Å². The maximum atomic E-state index is 14.2. The van der Waals surface area contributed by atoms with E-state index in [0.29, 0.717) is 11.3 Å². The Morgan fingerprint density at radius 3 is 2.19 bits per heavy atom. The Bertz CT molecular complexity index is 1320. The van der Waals surface area contributed by atoms with Crippen molar-refractivity contribution in [1.29, 1.82) is 0 Å². The Morgan fingerprint density at radius 1 is 0.946 bits per heavy atom. The predicted molar refractivity (Wildman–Crippen MR) is 142 cm³/mol. The third-order valence-corrected chi connectivity index (χ3v) is 7.45. The summed E-state index contributed by atoms with van der Waals surface area (Å²) in [4.78, 5) is 45.2. The van der Waals surface area contributed by atoms with E-state index in [1.54, 1.807) is 19.1 Å². The van der Waals surface area contributed by atoms with Gasteiger partial charge in [0.25, 0.3) is 0 Å². The Kier molecular flexibility index (Phi) is 6.33. The van der Waals surface area contributed by atoms with Crippen molar-refractivity contribution in [3.05, 3.63) is 95.6 Å². The van der Waals surface area contributed by atoms with Crippen LogP contribution in [0.5, 0.6) is 0 Å². The van der Waals surface area contributed by atoms with Gasteiger partial charge in [0.05, 0.1) is 24.1 Å². The molecule has 0 aromatic heterocycles. The lowest BCUT2D eigenvalue weighted by Gasteiger charge is -2.33. The first-order chi connectivity index (χ1) is 17.8. The molecule has 7 heteroatoms. The smallest absolute Gasteiger partial charge is 0.331 e. The molecule has 2 saturated heterocycles. The SMILES string of the molecule is CCOC(=O)[C@@]1(c2ccccc2)N[C@@H](c2ccc(N(C)C)cc2)[C@H]2C(=O)N(c3ccc(C)cc3)C(=O)[C@@H]21. The number of nitrogens with one attached hydrogen (secondary N) is 1. The van der Waals surface area contributed by atoms with Gasteiger partial charge >= 0.3 is 5.97 Å². The number of carbonyl (C=O) groups excluding carboxylic acids is 3. The molecule has 2 heterocycles. The maximum absolute atomic E-state index is 14.2. The summed E-state index contributed by atoms with van der Waals surface area (Å²) in [6.07, 6.45) is 0. The second-order valence-corrected chi connectivity index (χ2v) is 9.85. The van der Waals surface area contributed by atoms with Crippen molar-refractivity contribution in [2.75, 3.05) is 30.5 Å². The molecule has 0 unspecified atom stereocenters. The van der Waals surface area contributed by atoms with E-state index in [1.165, 1.54) is 4.90 Å². The molecule has 7 nitrogen and oxygen atoms in total. The Balaban J connectivity index is 1.70. The minimum absolute atomic E-state index is 0.151. The van der Waals surface area contributed by atoms with E-state index in [4.69, 9.17) is 4.74 Å². The fourth-order valence-electron chi connectivity index (χ4n) is 5.64. The standard InChI is InChI=1S/C30H31N3O4/c1-5-37-29(36)30(21-9-7-6-8-10-21)25-24(26(31-30)20-13-17-22(18-14-20)32(3)4)27(34)33(28(25)35)23-15-11-19(2)12-16-23/h6-18,24-26,31H,5H2,1-4H3/t24-,25+,26-,30-/m0/s1. The normalized spacial score (nSPS) is 24.8. The summed E-state index contributed by atoms with van der Waals surface area (Å²) in [7, 11) is 3.91. The van der Waals surface area contributed by atoms with Crippen molar-refractivity contribution in [3.8, 4) is 0 Å². The van der Waals surface area contributed by atoms with E-state index in [0.717, 1.165) is 16.8 Å². The lowest BCUT2D eigenvalue weighted by molar-refractivity contribution is -0.155. The van der Waals surface area contributed by atoms with Crippen LogP contribution in [0.4, 0.5) is 11.4 Å². The van der Waals surface area contributed by atoms with Gasteiger partial charge in [-0.2, -0.15) is 0 Å². The summed E-state index contributed by atoms with van der Waals surface area (Å²) >= 11 is 0. The molecule has 4 atom stereocenters. The zero-order valence-corrected chi connectivity index (χ0v) is 21.5. The van der Waals surface area contributed by atoms with Crippen molar-refractivity contribution in [3.63, 3.8) is 0 Å². The van der Waals surface area contributed by atoms with Crippen molar-refractivity contribution >= 4 is 29.2 Å². The molecule has 0 radical (unpaired) electrons. The molecule has 2 aliphatic rings. The van der Waals surface area contributed by atoms with Crippen LogP contribution in [-0.2, 0) is 24.7 Å². The Labute approximate surface area is 217 Å². The molecule has 2 amide bonds. The van der Waals surface area contributed by atoms with Crippen LogP contribution < -0.4 is 15.1 Å². The zero-order chi connectivity index (χ0) is 26.3. The van der Waals surface area contributed by atoms with E-state index >= 15 is 0 Å². The topological polar surface area (TPSA) is 79.0 Å². The highest BCUT2D eigenvalue weighted by molar-refractivity contribution is 6.24. The highest BCUT2D eigenvalue weighted by atomic mass is 16.5. The average molecular weight is 498 g/mol. The first kappa shape index (κ1) is 24.7. The summed E-state index contributed by atoms with van der Waals surface area (Å²) in [5.41, 5.74) is 2.45. The van der Waals surface area contributed by atoms with Crippen LogP contribution in [0.15, 0.2) is 78.9 Å². The zero-order valence-electron chi connectivity index (χ0n) is 21.5. The highest BCUT2D eigenvalue weighted by Crippen LogP contribution is 2.54. The summed E-state index contributed by atoms with van der Waals surface area (Å²) in [5, 5.41) is 3.46. The predicted octanol–water partition coefficient (Wildman–Crippen LogP) is 3.97. The quantitative estimate of drug-likeness (QED) is 0.410. The summed E-state index contributed by atoms with van der Waals surface area (Å²) in [5.74, 6) is -3.05. The monoisotopic (exact) mass is 497 g/mol. The molecular weight excluding hydrogens is 466 g/mol. The maximum Gasteiger partial charge on any atom is 0.331 e. The van der Waals surface area contributed by atoms with Crippen LogP contribution in [0.3, 0.4) is 0 Å². The number of esters is 1. The number of hydrogen-bond donors (Lipinski definition) is 1. The number of amides is 2. The number of nitrogens with zero attached hydrogens (tertiary/aromatic N) is 2. The molecule has 2 fully saturated rings. The number of rotatable bonds is 6. The largest absolute Gasteiger partial charge is 0.464 e. The molecular formula is C30H31N3O4. The van der Waals surface area contributed by atoms with Gasteiger partial charge in [0.15, 0.2) is 5.54 Å².